The van der Waals surface area contributed by atoms with Crippen molar-refractivity contribution < 1.29 is 0 Å². The van der Waals surface area contributed by atoms with Crippen LogP contribution in [0.15, 0.2) is 164 Å². The molecule has 0 N–H and O–H groups in total. The zero-order chi connectivity index (χ0) is 30.5. The number of nitrogens with zero attached hydrogens (tertiary/aromatic N) is 3. The predicted octanol–water partition coefficient (Wildman–Crippen LogP) is 11.2. The van der Waals surface area contributed by atoms with E-state index < -0.39 is 0 Å². The van der Waals surface area contributed by atoms with Crippen molar-refractivity contribution in [2.24, 2.45) is 0 Å². The Balaban J connectivity index is 1.18. The second-order valence-corrected chi connectivity index (χ2v) is 11.7. The van der Waals surface area contributed by atoms with Crippen LogP contribution in [-0.4, -0.2) is 15.0 Å². The van der Waals surface area contributed by atoms with E-state index in [1.165, 1.54) is 37.7 Å². The monoisotopic (exact) mass is 585 g/mol. The van der Waals surface area contributed by atoms with Crippen molar-refractivity contribution in [2.45, 2.75) is 0 Å². The summed E-state index contributed by atoms with van der Waals surface area (Å²) in [5.74, 6) is 1.96. The minimum atomic E-state index is 0.650. The van der Waals surface area contributed by atoms with Gasteiger partial charge in [-0.25, -0.2) is 15.0 Å². The minimum absolute atomic E-state index is 0.650. The van der Waals surface area contributed by atoms with Crippen molar-refractivity contribution in [2.75, 3.05) is 0 Å². The molecule has 46 heavy (non-hydrogen) atoms. The highest BCUT2D eigenvalue weighted by atomic mass is 15.0. The van der Waals surface area contributed by atoms with Crippen molar-refractivity contribution in [1.29, 1.82) is 0 Å². The van der Waals surface area contributed by atoms with Gasteiger partial charge in [0.15, 0.2) is 17.5 Å². The molecule has 0 spiro atoms. The third kappa shape index (κ3) is 4.58. The first-order valence-corrected chi connectivity index (χ1v) is 15.5. The molecule has 0 bridgehead atoms. The summed E-state index contributed by atoms with van der Waals surface area (Å²) in [4.78, 5) is 15.0. The molecule has 0 saturated heterocycles. The highest BCUT2D eigenvalue weighted by Gasteiger charge is 2.14. The molecule has 8 aromatic carbocycles. The number of rotatable bonds is 4. The van der Waals surface area contributed by atoms with Crippen molar-refractivity contribution in [3.05, 3.63) is 164 Å². The largest absolute Gasteiger partial charge is 0.208 e. The van der Waals surface area contributed by atoms with E-state index in [2.05, 4.69) is 133 Å². The quantitative estimate of drug-likeness (QED) is 0.193. The molecule has 0 atom stereocenters. The summed E-state index contributed by atoms with van der Waals surface area (Å²) < 4.78 is 0. The molecule has 0 aliphatic rings. The van der Waals surface area contributed by atoms with Crippen LogP contribution in [0.1, 0.15) is 0 Å². The maximum atomic E-state index is 5.04. The van der Waals surface area contributed by atoms with Gasteiger partial charge in [-0.3, -0.25) is 0 Å². The molecular weight excluding hydrogens is 558 g/mol. The second kappa shape index (κ2) is 10.8. The molecular formula is C43H27N3. The Kier molecular flexibility index (Phi) is 6.14. The van der Waals surface area contributed by atoms with Crippen LogP contribution < -0.4 is 0 Å². The first-order chi connectivity index (χ1) is 22.8. The lowest BCUT2D eigenvalue weighted by Gasteiger charge is -2.11. The summed E-state index contributed by atoms with van der Waals surface area (Å²) in [6.07, 6.45) is 0. The standard InChI is InChI=1S/C43H27N3/c1-2-11-31(12-3-1)41-44-42(46-43(45-41)36-20-17-28-9-4-5-13-32(28)25-36)35-15-8-14-33(26-35)34-19-18-30-22-23-38-37-16-7-6-10-29(37)21-24-39(38)40(30)27-34/h1-27H. The fraction of sp³-hybridized carbons (Fsp3) is 0. The Labute approximate surface area is 266 Å². The lowest BCUT2D eigenvalue weighted by atomic mass is 9.94. The van der Waals surface area contributed by atoms with Crippen molar-refractivity contribution >= 4 is 43.1 Å². The van der Waals surface area contributed by atoms with Gasteiger partial charge < -0.3 is 0 Å². The van der Waals surface area contributed by atoms with Gasteiger partial charge in [0.25, 0.3) is 0 Å². The minimum Gasteiger partial charge on any atom is -0.208 e. The Morgan fingerprint density at radius 2 is 0.739 bits per heavy atom. The van der Waals surface area contributed by atoms with Gasteiger partial charge in [-0.05, 0) is 72.4 Å². The molecule has 1 aromatic heterocycles. The van der Waals surface area contributed by atoms with Crippen LogP contribution in [0, 0.1) is 0 Å². The Morgan fingerprint density at radius 3 is 1.54 bits per heavy atom. The van der Waals surface area contributed by atoms with Gasteiger partial charge in [0.05, 0.1) is 0 Å². The van der Waals surface area contributed by atoms with Crippen molar-refractivity contribution in [3.8, 4) is 45.3 Å². The first kappa shape index (κ1) is 26.2. The van der Waals surface area contributed by atoms with Crippen LogP contribution in [0.5, 0.6) is 0 Å². The zero-order valence-electron chi connectivity index (χ0n) is 24.9. The first-order valence-electron chi connectivity index (χ1n) is 15.5. The Hall–Kier alpha value is -6.19. The van der Waals surface area contributed by atoms with Crippen molar-refractivity contribution in [1.82, 2.24) is 15.0 Å². The third-order valence-corrected chi connectivity index (χ3v) is 8.87. The molecule has 0 fully saturated rings. The van der Waals surface area contributed by atoms with Crippen LogP contribution in [0.25, 0.3) is 88.4 Å². The molecule has 9 rings (SSSR count). The molecule has 1 heterocycles. The average molecular weight is 586 g/mol. The van der Waals surface area contributed by atoms with Gasteiger partial charge in [0.1, 0.15) is 0 Å². The van der Waals surface area contributed by atoms with Crippen LogP contribution in [-0.2, 0) is 0 Å². The summed E-state index contributed by atoms with van der Waals surface area (Å²) in [5.41, 5.74) is 5.14. The van der Waals surface area contributed by atoms with E-state index in [9.17, 15) is 0 Å². The second-order valence-electron chi connectivity index (χ2n) is 11.7. The van der Waals surface area contributed by atoms with Crippen LogP contribution >= 0.6 is 0 Å². The van der Waals surface area contributed by atoms with Crippen LogP contribution in [0.3, 0.4) is 0 Å². The molecule has 9 aromatic rings. The number of fused-ring (bicyclic) bond motifs is 6. The summed E-state index contributed by atoms with van der Waals surface area (Å²) in [5, 5.41) is 9.89. The van der Waals surface area contributed by atoms with Gasteiger partial charge in [-0.2, -0.15) is 0 Å². The molecule has 0 aliphatic heterocycles. The molecule has 3 nitrogen and oxygen atoms in total. The number of aromatic nitrogens is 3. The van der Waals surface area contributed by atoms with E-state index in [1.54, 1.807) is 0 Å². The Bertz CT molecular complexity index is 2590. The van der Waals surface area contributed by atoms with E-state index in [-0.39, 0.29) is 0 Å². The normalized spacial score (nSPS) is 11.5. The van der Waals surface area contributed by atoms with Gasteiger partial charge in [0, 0.05) is 16.7 Å². The predicted molar refractivity (Wildman–Crippen MR) is 192 cm³/mol. The molecule has 0 aliphatic carbocycles. The van der Waals surface area contributed by atoms with Gasteiger partial charge in [0.2, 0.25) is 0 Å². The number of hydrogen-bond acceptors (Lipinski definition) is 3. The molecule has 214 valence electrons. The lowest BCUT2D eigenvalue weighted by Crippen LogP contribution is -2.00. The van der Waals surface area contributed by atoms with Gasteiger partial charge in [-0.15, -0.1) is 0 Å². The Morgan fingerprint density at radius 1 is 0.239 bits per heavy atom. The van der Waals surface area contributed by atoms with Crippen LogP contribution in [0.4, 0.5) is 0 Å². The van der Waals surface area contributed by atoms with E-state index in [0.29, 0.717) is 17.5 Å². The van der Waals surface area contributed by atoms with Gasteiger partial charge >= 0.3 is 0 Å². The fourth-order valence-electron chi connectivity index (χ4n) is 6.51. The topological polar surface area (TPSA) is 38.7 Å². The lowest BCUT2D eigenvalue weighted by molar-refractivity contribution is 1.07. The van der Waals surface area contributed by atoms with E-state index in [1.807, 2.05) is 30.3 Å². The third-order valence-electron chi connectivity index (χ3n) is 8.87. The molecule has 0 unspecified atom stereocenters. The molecule has 0 saturated carbocycles. The maximum Gasteiger partial charge on any atom is 0.164 e. The average Bonchev–Trinajstić information content (AvgIpc) is 3.14. The van der Waals surface area contributed by atoms with Crippen molar-refractivity contribution in [3.63, 3.8) is 0 Å². The zero-order valence-corrected chi connectivity index (χ0v) is 24.9. The highest BCUT2D eigenvalue weighted by molar-refractivity contribution is 6.17. The highest BCUT2D eigenvalue weighted by Crippen LogP contribution is 2.35. The summed E-state index contributed by atoms with van der Waals surface area (Å²) in [7, 11) is 0. The number of hydrogen-bond donors (Lipinski definition) is 0. The van der Waals surface area contributed by atoms with Crippen LogP contribution in [0.2, 0.25) is 0 Å². The van der Waals surface area contributed by atoms with E-state index in [4.69, 9.17) is 15.0 Å². The maximum absolute atomic E-state index is 5.04. The van der Waals surface area contributed by atoms with E-state index in [0.717, 1.165) is 33.2 Å². The summed E-state index contributed by atoms with van der Waals surface area (Å²) in [6.45, 7) is 0. The molecule has 3 heteroatoms. The van der Waals surface area contributed by atoms with Gasteiger partial charge in [-0.1, -0.05) is 146 Å². The van der Waals surface area contributed by atoms with E-state index >= 15 is 0 Å². The number of benzene rings is 8. The fourth-order valence-corrected chi connectivity index (χ4v) is 6.51. The molecule has 0 amide bonds. The summed E-state index contributed by atoms with van der Waals surface area (Å²) in [6, 6.07) is 57.7. The molecule has 0 radical (unpaired) electrons. The smallest absolute Gasteiger partial charge is 0.164 e. The SMILES string of the molecule is c1ccc(-c2nc(-c3cccc(-c4ccc5ccc6c7ccccc7ccc6c5c4)c3)nc(-c3ccc4ccccc4c3)n2)cc1. The summed E-state index contributed by atoms with van der Waals surface area (Å²) >= 11 is 0.